The van der Waals surface area contributed by atoms with Crippen LogP contribution in [0, 0.1) is 0 Å². The second-order valence-corrected chi connectivity index (χ2v) is 11.4. The van der Waals surface area contributed by atoms with E-state index in [0.29, 0.717) is 43.1 Å². The van der Waals surface area contributed by atoms with E-state index in [9.17, 15) is 9.90 Å². The topological polar surface area (TPSA) is 112 Å². The molecule has 0 aromatic heterocycles. The molecule has 1 amide bonds. The molecule has 1 heterocycles. The highest BCUT2D eigenvalue weighted by molar-refractivity contribution is 6.01. The Bertz CT molecular complexity index is 1390. The zero-order valence-corrected chi connectivity index (χ0v) is 24.5. The Kier molecular flexibility index (Phi) is 9.92. The summed E-state index contributed by atoms with van der Waals surface area (Å²) in [5.74, 6) is 0.661. The number of amides is 1. The molecule has 43 heavy (non-hydrogen) atoms. The van der Waals surface area contributed by atoms with Crippen molar-refractivity contribution in [3.05, 3.63) is 103 Å². The number of hydrogen-bond acceptors (Lipinski definition) is 7. The summed E-state index contributed by atoms with van der Waals surface area (Å²) in [6.45, 7) is 4.69. The van der Waals surface area contributed by atoms with Crippen molar-refractivity contribution in [2.45, 2.75) is 62.2 Å². The molecule has 4 N–H and O–H groups in total. The zero-order valence-electron chi connectivity index (χ0n) is 24.5. The highest BCUT2D eigenvalue weighted by atomic mass is 16.5. The predicted octanol–water partition coefficient (Wildman–Crippen LogP) is 5.26. The summed E-state index contributed by atoms with van der Waals surface area (Å²) in [6.07, 6.45) is 6.23. The van der Waals surface area contributed by atoms with Crippen molar-refractivity contribution in [1.82, 2.24) is 10.9 Å². The number of nitrogens with one attached hydrogen (secondary N) is 2. The average molecular weight is 584 g/mol. The summed E-state index contributed by atoms with van der Waals surface area (Å²) in [7, 11) is 0. The molecule has 8 nitrogen and oxygen atoms in total. The van der Waals surface area contributed by atoms with Crippen molar-refractivity contribution in [1.29, 1.82) is 0 Å². The Hall–Kier alpha value is -3.98. The maximum absolute atomic E-state index is 14.0. The van der Waals surface area contributed by atoms with Crippen molar-refractivity contribution in [2.75, 3.05) is 19.8 Å². The largest absolute Gasteiger partial charge is 0.494 e. The number of rotatable bonds is 13. The molecule has 2 atom stereocenters. The van der Waals surface area contributed by atoms with Crippen LogP contribution in [0.3, 0.4) is 0 Å². The van der Waals surface area contributed by atoms with Crippen LogP contribution in [0.25, 0.3) is 11.1 Å². The number of carbonyl (C=O) groups is 1. The molecule has 0 radical (unpaired) electrons. The van der Waals surface area contributed by atoms with Crippen LogP contribution in [-0.2, 0) is 9.53 Å². The molecule has 0 unspecified atom stereocenters. The quantitative estimate of drug-likeness (QED) is 0.124. The van der Waals surface area contributed by atoms with E-state index < -0.39 is 17.2 Å². The molecule has 0 saturated heterocycles. The van der Waals surface area contributed by atoms with Crippen LogP contribution in [0.15, 0.2) is 96.5 Å². The van der Waals surface area contributed by atoms with Gasteiger partial charge in [-0.25, -0.2) is 10.4 Å². The van der Waals surface area contributed by atoms with Gasteiger partial charge in [-0.2, -0.15) is 0 Å². The lowest BCUT2D eigenvalue weighted by atomic mass is 9.84. The van der Waals surface area contributed by atoms with Crippen LogP contribution in [0.2, 0.25) is 0 Å². The highest BCUT2D eigenvalue weighted by Crippen LogP contribution is 2.43. The number of aliphatic hydroxyl groups is 2. The Morgan fingerprint density at radius 2 is 1.65 bits per heavy atom. The Labute approximate surface area is 253 Å². The first-order valence-corrected chi connectivity index (χ1v) is 15.1. The maximum atomic E-state index is 14.0. The molecule has 226 valence electrons. The van der Waals surface area contributed by atoms with E-state index in [4.69, 9.17) is 19.6 Å². The van der Waals surface area contributed by atoms with Gasteiger partial charge >= 0.3 is 0 Å². The Morgan fingerprint density at radius 3 is 2.33 bits per heavy atom. The number of ether oxygens (including phenoxy) is 2. The molecular weight excluding hydrogens is 542 g/mol. The van der Waals surface area contributed by atoms with Crippen molar-refractivity contribution >= 4 is 11.8 Å². The fourth-order valence-electron chi connectivity index (χ4n) is 5.80. The SMILES string of the molecule is C=CC[C@]1(C(=O)NNCC2(O)CCCCC2)N=C(c2ccc(OCCCO)cc2)O[C@H]1c1ccc(-c2ccccc2)cc1. The van der Waals surface area contributed by atoms with Crippen molar-refractivity contribution in [3.63, 3.8) is 0 Å². The molecule has 0 bridgehead atoms. The first kappa shape index (κ1) is 30.5. The lowest BCUT2D eigenvalue weighted by Crippen LogP contribution is -2.55. The molecule has 3 aromatic rings. The summed E-state index contributed by atoms with van der Waals surface area (Å²) < 4.78 is 12.2. The van der Waals surface area contributed by atoms with E-state index in [2.05, 4.69) is 29.6 Å². The fraction of sp³-hybridized carbons (Fsp3) is 0.371. The number of aliphatic imine (C=N–C) groups is 1. The molecule has 1 aliphatic heterocycles. The van der Waals surface area contributed by atoms with Crippen LogP contribution in [-0.4, -0.2) is 52.9 Å². The number of hydrogen-bond donors (Lipinski definition) is 4. The van der Waals surface area contributed by atoms with Gasteiger partial charge in [-0.3, -0.25) is 10.2 Å². The van der Waals surface area contributed by atoms with Gasteiger partial charge in [0, 0.05) is 31.6 Å². The van der Waals surface area contributed by atoms with Gasteiger partial charge in [0.05, 0.1) is 12.2 Å². The van der Waals surface area contributed by atoms with Crippen LogP contribution in [0.1, 0.15) is 62.2 Å². The second kappa shape index (κ2) is 14.0. The van der Waals surface area contributed by atoms with Crippen molar-refractivity contribution < 1.29 is 24.5 Å². The normalized spacial score (nSPS) is 21.0. The van der Waals surface area contributed by atoms with E-state index in [1.807, 2.05) is 66.7 Å². The van der Waals surface area contributed by atoms with Crippen molar-refractivity contribution in [3.8, 4) is 16.9 Å². The number of benzene rings is 3. The molecule has 0 spiro atoms. The number of hydrazine groups is 1. The molecular formula is C35H41N3O5. The predicted molar refractivity (Wildman–Crippen MR) is 168 cm³/mol. The van der Waals surface area contributed by atoms with Crippen LogP contribution in [0.5, 0.6) is 5.75 Å². The summed E-state index contributed by atoms with van der Waals surface area (Å²) in [5.41, 5.74) is 7.35. The average Bonchev–Trinajstić information content (AvgIpc) is 3.43. The third kappa shape index (κ3) is 7.16. The molecule has 5 rings (SSSR count). The molecule has 2 aliphatic rings. The van der Waals surface area contributed by atoms with Crippen LogP contribution < -0.4 is 15.6 Å². The Balaban J connectivity index is 1.43. The van der Waals surface area contributed by atoms with Crippen LogP contribution in [0.4, 0.5) is 0 Å². The minimum absolute atomic E-state index is 0.0675. The van der Waals surface area contributed by atoms with E-state index in [-0.39, 0.29) is 25.5 Å². The summed E-state index contributed by atoms with van der Waals surface area (Å²) in [6, 6.07) is 25.5. The molecule has 1 fully saturated rings. The van der Waals surface area contributed by atoms with Gasteiger partial charge in [0.25, 0.3) is 5.91 Å². The number of carbonyl (C=O) groups excluding carboxylic acids is 1. The van der Waals surface area contributed by atoms with E-state index in [1.165, 1.54) is 0 Å². The Morgan fingerprint density at radius 1 is 0.977 bits per heavy atom. The van der Waals surface area contributed by atoms with Gasteiger partial charge in [0.1, 0.15) is 5.75 Å². The van der Waals surface area contributed by atoms with Gasteiger partial charge in [-0.1, -0.05) is 79.9 Å². The van der Waals surface area contributed by atoms with Gasteiger partial charge in [0.2, 0.25) is 5.90 Å². The number of nitrogens with zero attached hydrogens (tertiary/aromatic N) is 1. The van der Waals surface area contributed by atoms with Crippen molar-refractivity contribution in [2.24, 2.45) is 4.99 Å². The molecule has 1 aliphatic carbocycles. The first-order valence-electron chi connectivity index (χ1n) is 15.1. The standard InChI is InChI=1S/C35H41N3O5/c1-2-20-35(33(40)38-36-25-34(41)21-7-4-8-22-34)31(28-14-12-27(13-15-28)26-10-5-3-6-11-26)43-32(37-35)29-16-18-30(19-17-29)42-24-9-23-39/h2-3,5-6,10-19,31,36,39,41H,1,4,7-9,20-25H2,(H,38,40)/t31-,35-/m0/s1. The summed E-state index contributed by atoms with van der Waals surface area (Å²) in [5, 5.41) is 20.0. The highest BCUT2D eigenvalue weighted by Gasteiger charge is 2.52. The molecule has 1 saturated carbocycles. The van der Waals surface area contributed by atoms with Gasteiger partial charge < -0.3 is 19.7 Å². The van der Waals surface area contributed by atoms with Gasteiger partial charge in [-0.15, -0.1) is 6.58 Å². The maximum Gasteiger partial charge on any atom is 0.266 e. The third-order valence-electron chi connectivity index (χ3n) is 8.21. The van der Waals surface area contributed by atoms with E-state index in [1.54, 1.807) is 6.08 Å². The molecule has 8 heteroatoms. The van der Waals surface area contributed by atoms with Gasteiger partial charge in [0.15, 0.2) is 11.6 Å². The summed E-state index contributed by atoms with van der Waals surface area (Å²) in [4.78, 5) is 19.0. The lowest BCUT2D eigenvalue weighted by Gasteiger charge is -2.33. The monoisotopic (exact) mass is 583 g/mol. The lowest BCUT2D eigenvalue weighted by molar-refractivity contribution is -0.130. The van der Waals surface area contributed by atoms with Crippen LogP contribution >= 0.6 is 0 Å². The van der Waals surface area contributed by atoms with Gasteiger partial charge in [-0.05, 0) is 53.8 Å². The van der Waals surface area contributed by atoms with E-state index >= 15 is 0 Å². The molecule has 3 aromatic carbocycles. The minimum Gasteiger partial charge on any atom is -0.494 e. The minimum atomic E-state index is -1.33. The third-order valence-corrected chi connectivity index (χ3v) is 8.21. The van der Waals surface area contributed by atoms with E-state index in [0.717, 1.165) is 36.0 Å². The fourth-order valence-corrected chi connectivity index (χ4v) is 5.80. The number of aliphatic hydroxyl groups excluding tert-OH is 1. The zero-order chi connectivity index (χ0) is 30.1. The summed E-state index contributed by atoms with van der Waals surface area (Å²) >= 11 is 0. The first-order chi connectivity index (χ1) is 21.0. The smallest absolute Gasteiger partial charge is 0.266 e. The second-order valence-electron chi connectivity index (χ2n) is 11.4.